The van der Waals surface area contributed by atoms with E-state index in [1.54, 1.807) is 16.4 Å². The highest BCUT2D eigenvalue weighted by atomic mass is 35.5. The molecule has 5 heteroatoms. The number of alkyl halides is 1. The van der Waals surface area contributed by atoms with E-state index in [0.29, 0.717) is 0 Å². The lowest BCUT2D eigenvalue weighted by Crippen LogP contribution is -1.94. The Balaban J connectivity index is 2.24. The Bertz CT molecular complexity index is 481. The molecule has 0 saturated carbocycles. The summed E-state index contributed by atoms with van der Waals surface area (Å²) < 4.78 is 1.75. The topological polar surface area (TPSA) is 30.7 Å². The molecule has 0 aliphatic rings. The van der Waals surface area contributed by atoms with Crippen LogP contribution in [0.1, 0.15) is 24.4 Å². The van der Waals surface area contributed by atoms with E-state index < -0.39 is 0 Å². The summed E-state index contributed by atoms with van der Waals surface area (Å²) in [5.74, 6) is 0. The summed E-state index contributed by atoms with van der Waals surface area (Å²) in [4.78, 5) is 1.23. The summed E-state index contributed by atoms with van der Waals surface area (Å²) in [5.41, 5.74) is 1.82. The summed E-state index contributed by atoms with van der Waals surface area (Å²) in [6.07, 6.45) is 4.79. The van der Waals surface area contributed by atoms with Crippen molar-refractivity contribution in [1.29, 1.82) is 0 Å². The molecule has 0 N–H and O–H groups in total. The molecule has 2 aromatic rings. The van der Waals surface area contributed by atoms with E-state index in [4.69, 9.17) is 11.6 Å². The first-order valence-electron chi connectivity index (χ1n) is 5.45. The van der Waals surface area contributed by atoms with Crippen molar-refractivity contribution in [3.8, 4) is 5.69 Å². The van der Waals surface area contributed by atoms with Crippen molar-refractivity contribution in [3.63, 3.8) is 0 Å². The van der Waals surface area contributed by atoms with Gasteiger partial charge in [-0.1, -0.05) is 12.1 Å². The Morgan fingerprint density at radius 2 is 2.06 bits per heavy atom. The minimum absolute atomic E-state index is 0.0609. The van der Waals surface area contributed by atoms with Gasteiger partial charge in [-0.2, -0.15) is 0 Å². The molecule has 2 rings (SSSR count). The van der Waals surface area contributed by atoms with Crippen LogP contribution in [0.2, 0.25) is 0 Å². The quantitative estimate of drug-likeness (QED) is 0.625. The molecule has 17 heavy (non-hydrogen) atoms. The third kappa shape index (κ3) is 2.82. The summed E-state index contributed by atoms with van der Waals surface area (Å²) in [6, 6.07) is 8.19. The van der Waals surface area contributed by atoms with Crippen molar-refractivity contribution in [2.45, 2.75) is 23.6 Å². The molecule has 0 fully saturated rings. The van der Waals surface area contributed by atoms with Crippen molar-refractivity contribution >= 4 is 23.4 Å². The fourth-order valence-electron chi connectivity index (χ4n) is 1.49. The molecular formula is C12H14ClN3S. The number of hydrogen-bond donors (Lipinski definition) is 0. The molecule has 1 unspecified atom stereocenters. The highest BCUT2D eigenvalue weighted by Crippen LogP contribution is 2.22. The lowest BCUT2D eigenvalue weighted by Gasteiger charge is -2.01. The third-order valence-corrected chi connectivity index (χ3v) is 3.80. The van der Waals surface area contributed by atoms with Gasteiger partial charge in [0.25, 0.3) is 0 Å². The molecule has 0 saturated heterocycles. The van der Waals surface area contributed by atoms with Gasteiger partial charge in [0, 0.05) is 4.90 Å². The second-order valence-corrected chi connectivity index (χ2v) is 5.07. The van der Waals surface area contributed by atoms with Crippen molar-refractivity contribution in [2.75, 3.05) is 6.26 Å². The normalized spacial score (nSPS) is 12.6. The summed E-state index contributed by atoms with van der Waals surface area (Å²) in [5, 5.41) is 8.11. The van der Waals surface area contributed by atoms with Gasteiger partial charge in [0.1, 0.15) is 5.69 Å². The van der Waals surface area contributed by atoms with Crippen molar-refractivity contribution in [2.24, 2.45) is 0 Å². The molecule has 1 aromatic carbocycles. The maximum absolute atomic E-state index is 6.12. The van der Waals surface area contributed by atoms with Gasteiger partial charge in [0.15, 0.2) is 0 Å². The number of nitrogens with zero attached hydrogens (tertiary/aromatic N) is 3. The average Bonchev–Trinajstić information content (AvgIpc) is 2.87. The van der Waals surface area contributed by atoms with Gasteiger partial charge in [-0.05, 0) is 36.9 Å². The van der Waals surface area contributed by atoms with E-state index in [9.17, 15) is 0 Å². The Morgan fingerprint density at radius 1 is 1.35 bits per heavy atom. The Hall–Kier alpha value is -1.00. The van der Waals surface area contributed by atoms with Crippen LogP contribution in [0, 0.1) is 0 Å². The zero-order chi connectivity index (χ0) is 12.3. The van der Waals surface area contributed by atoms with Crippen molar-refractivity contribution in [1.82, 2.24) is 15.0 Å². The minimum Gasteiger partial charge on any atom is -0.220 e. The molecule has 1 heterocycles. The van der Waals surface area contributed by atoms with Crippen LogP contribution in [0.4, 0.5) is 0 Å². The van der Waals surface area contributed by atoms with Crippen LogP contribution >= 0.6 is 23.4 Å². The highest BCUT2D eigenvalue weighted by Gasteiger charge is 2.10. The van der Waals surface area contributed by atoms with Crippen LogP contribution in [0.15, 0.2) is 35.4 Å². The minimum atomic E-state index is -0.0609. The first kappa shape index (κ1) is 12.5. The molecule has 0 spiro atoms. The van der Waals surface area contributed by atoms with Crippen LogP contribution in [0.5, 0.6) is 0 Å². The Morgan fingerprint density at radius 3 is 2.65 bits per heavy atom. The van der Waals surface area contributed by atoms with E-state index in [-0.39, 0.29) is 5.38 Å². The number of hydrogen-bond acceptors (Lipinski definition) is 3. The summed E-state index contributed by atoms with van der Waals surface area (Å²) >= 11 is 7.84. The molecule has 3 nitrogen and oxygen atoms in total. The maximum Gasteiger partial charge on any atom is 0.101 e. The van der Waals surface area contributed by atoms with Crippen molar-refractivity contribution in [3.05, 3.63) is 36.2 Å². The molecule has 0 aliphatic heterocycles. The lowest BCUT2D eigenvalue weighted by molar-refractivity contribution is 0.785. The molecule has 0 bridgehead atoms. The van der Waals surface area contributed by atoms with Crippen LogP contribution in [0.3, 0.4) is 0 Å². The third-order valence-electron chi connectivity index (χ3n) is 2.53. The number of aromatic nitrogens is 3. The predicted octanol–water partition coefficient (Wildman–Crippen LogP) is 3.68. The monoisotopic (exact) mass is 267 g/mol. The van der Waals surface area contributed by atoms with Gasteiger partial charge in [-0.25, -0.2) is 4.68 Å². The smallest absolute Gasteiger partial charge is 0.101 e. The maximum atomic E-state index is 6.12. The van der Waals surface area contributed by atoms with Gasteiger partial charge in [-0.15, -0.1) is 28.5 Å². The Kier molecular flexibility index (Phi) is 4.07. The largest absolute Gasteiger partial charge is 0.220 e. The average molecular weight is 268 g/mol. The van der Waals surface area contributed by atoms with Crippen LogP contribution < -0.4 is 0 Å². The van der Waals surface area contributed by atoms with E-state index in [0.717, 1.165) is 17.8 Å². The van der Waals surface area contributed by atoms with Crippen LogP contribution in [-0.4, -0.2) is 21.2 Å². The van der Waals surface area contributed by atoms with E-state index in [2.05, 4.69) is 28.7 Å². The number of thioether (sulfide) groups is 1. The van der Waals surface area contributed by atoms with Gasteiger partial charge in [0.05, 0.1) is 17.3 Å². The first-order chi connectivity index (χ1) is 8.24. The van der Waals surface area contributed by atoms with E-state index in [1.807, 2.05) is 25.3 Å². The van der Waals surface area contributed by atoms with E-state index >= 15 is 0 Å². The van der Waals surface area contributed by atoms with Gasteiger partial charge < -0.3 is 0 Å². The first-order valence-corrected chi connectivity index (χ1v) is 7.11. The molecular weight excluding hydrogens is 254 g/mol. The zero-order valence-corrected chi connectivity index (χ0v) is 11.4. The zero-order valence-electron chi connectivity index (χ0n) is 9.80. The molecule has 1 atom stereocenters. The molecule has 0 aliphatic carbocycles. The summed E-state index contributed by atoms with van der Waals surface area (Å²) in [6.45, 7) is 2.03. The van der Waals surface area contributed by atoms with Crippen molar-refractivity contribution < 1.29 is 0 Å². The fraction of sp³-hybridized carbons (Fsp3) is 0.333. The van der Waals surface area contributed by atoms with Gasteiger partial charge in [0.2, 0.25) is 0 Å². The van der Waals surface area contributed by atoms with Crippen LogP contribution in [0.25, 0.3) is 5.69 Å². The standard InChI is InChI=1S/C12H14ClN3S/c1-3-11(13)12-8-16(15-14-12)9-4-6-10(17-2)7-5-9/h4-8,11H,3H2,1-2H3. The highest BCUT2D eigenvalue weighted by molar-refractivity contribution is 7.98. The Labute approximate surface area is 110 Å². The molecule has 0 amide bonds. The SMILES string of the molecule is CCC(Cl)c1cn(-c2ccc(SC)cc2)nn1. The molecule has 90 valence electrons. The second kappa shape index (κ2) is 5.56. The molecule has 0 radical (unpaired) electrons. The predicted molar refractivity (Wildman–Crippen MR) is 72.0 cm³/mol. The summed E-state index contributed by atoms with van der Waals surface area (Å²) in [7, 11) is 0. The van der Waals surface area contributed by atoms with Crippen LogP contribution in [-0.2, 0) is 0 Å². The number of halogens is 1. The van der Waals surface area contributed by atoms with Gasteiger partial charge in [-0.3, -0.25) is 0 Å². The number of rotatable bonds is 4. The molecule has 1 aromatic heterocycles. The van der Waals surface area contributed by atoms with E-state index in [1.165, 1.54) is 4.90 Å². The lowest BCUT2D eigenvalue weighted by atomic mass is 10.2. The van der Waals surface area contributed by atoms with Gasteiger partial charge >= 0.3 is 0 Å². The number of benzene rings is 1. The second-order valence-electron chi connectivity index (χ2n) is 3.66. The fourth-order valence-corrected chi connectivity index (χ4v) is 2.00.